The molecule has 5 aromatic rings. The van der Waals surface area contributed by atoms with E-state index in [9.17, 15) is 10.1 Å². The Labute approximate surface area is 266 Å². The van der Waals surface area contributed by atoms with Gasteiger partial charge < -0.3 is 19.4 Å². The number of furan rings is 1. The topological polar surface area (TPSA) is 144 Å². The third-order valence-corrected chi connectivity index (χ3v) is 7.85. The molecule has 0 spiro atoms. The molecule has 1 aliphatic rings. The summed E-state index contributed by atoms with van der Waals surface area (Å²) in [5.74, 6) is 2.93. The second kappa shape index (κ2) is 13.9. The summed E-state index contributed by atoms with van der Waals surface area (Å²) < 4.78 is 11.0. The van der Waals surface area contributed by atoms with Crippen molar-refractivity contribution in [1.29, 1.82) is 0 Å². The third kappa shape index (κ3) is 7.46. The number of methoxy groups -OCH3 is 1. The Hall–Kier alpha value is -5.78. The van der Waals surface area contributed by atoms with Gasteiger partial charge in [-0.25, -0.2) is 5.43 Å². The summed E-state index contributed by atoms with van der Waals surface area (Å²) in [5.41, 5.74) is 6.48. The summed E-state index contributed by atoms with van der Waals surface area (Å²) >= 11 is 0. The van der Waals surface area contributed by atoms with Crippen molar-refractivity contribution in [3.05, 3.63) is 112 Å². The molecular formula is C34H34N8O4. The summed E-state index contributed by atoms with van der Waals surface area (Å²) in [6, 6.07) is 26.5. The summed E-state index contributed by atoms with van der Waals surface area (Å²) in [6.45, 7) is 3.70. The molecule has 0 atom stereocenters. The van der Waals surface area contributed by atoms with Crippen LogP contribution in [0.2, 0.25) is 0 Å². The van der Waals surface area contributed by atoms with Gasteiger partial charge in [-0.15, -0.1) is 0 Å². The molecule has 12 nitrogen and oxygen atoms in total. The standard InChI is InChI=1S/C34H34N8O4/c1-23-8-10-26(11-9-23)36-32-37-33(39-34(38-32)41-18-16-25(17-19-41)20-24-6-4-3-5-7-24)40-35-22-28-13-15-31(46-28)29-14-12-27(45-2)21-30(29)42(43)44/h3-15,21-22,25H,16-20H2,1-2H3,(H2,36,37,38,39,40). The highest BCUT2D eigenvalue weighted by atomic mass is 16.6. The van der Waals surface area contributed by atoms with Crippen molar-refractivity contribution in [2.75, 3.05) is 35.8 Å². The van der Waals surface area contributed by atoms with Crippen LogP contribution in [0.5, 0.6) is 5.75 Å². The summed E-state index contributed by atoms with van der Waals surface area (Å²) in [5, 5.41) is 19.2. The lowest BCUT2D eigenvalue weighted by molar-refractivity contribution is -0.384. The highest BCUT2D eigenvalue weighted by Crippen LogP contribution is 2.34. The van der Waals surface area contributed by atoms with Gasteiger partial charge in [0.25, 0.3) is 5.69 Å². The van der Waals surface area contributed by atoms with Gasteiger partial charge in [-0.2, -0.15) is 20.1 Å². The van der Waals surface area contributed by atoms with Crippen molar-refractivity contribution in [2.24, 2.45) is 11.0 Å². The first-order valence-corrected chi connectivity index (χ1v) is 15.0. The average Bonchev–Trinajstić information content (AvgIpc) is 3.55. The number of hydrogen-bond donors (Lipinski definition) is 2. The van der Waals surface area contributed by atoms with Crippen molar-refractivity contribution < 1.29 is 14.1 Å². The van der Waals surface area contributed by atoms with E-state index in [-0.39, 0.29) is 11.6 Å². The van der Waals surface area contributed by atoms with Gasteiger partial charge in [-0.1, -0.05) is 48.0 Å². The molecule has 234 valence electrons. The lowest BCUT2D eigenvalue weighted by atomic mass is 9.90. The molecule has 1 saturated heterocycles. The Morgan fingerprint density at radius 2 is 1.76 bits per heavy atom. The minimum Gasteiger partial charge on any atom is -0.497 e. The van der Waals surface area contributed by atoms with E-state index in [2.05, 4.69) is 55.0 Å². The minimum absolute atomic E-state index is 0.120. The van der Waals surface area contributed by atoms with Gasteiger partial charge in [0.05, 0.1) is 29.9 Å². The molecule has 0 unspecified atom stereocenters. The molecule has 3 heterocycles. The van der Waals surface area contributed by atoms with Crippen LogP contribution < -0.4 is 20.4 Å². The van der Waals surface area contributed by atoms with Crippen LogP contribution in [0.3, 0.4) is 0 Å². The van der Waals surface area contributed by atoms with Gasteiger partial charge in [0.15, 0.2) is 0 Å². The van der Waals surface area contributed by atoms with Crippen LogP contribution >= 0.6 is 0 Å². The van der Waals surface area contributed by atoms with Gasteiger partial charge in [0, 0.05) is 18.8 Å². The highest BCUT2D eigenvalue weighted by Gasteiger charge is 2.23. The number of ether oxygens (including phenoxy) is 1. The normalized spacial score (nSPS) is 13.6. The number of hydrazone groups is 1. The Balaban J connectivity index is 1.18. The molecule has 0 aliphatic carbocycles. The molecule has 0 amide bonds. The molecule has 1 fully saturated rings. The monoisotopic (exact) mass is 618 g/mol. The molecular weight excluding hydrogens is 584 g/mol. The fourth-order valence-electron chi connectivity index (χ4n) is 5.38. The SMILES string of the molecule is COc1ccc(-c2ccc(C=NNc3nc(Nc4ccc(C)cc4)nc(N4CCC(Cc5ccccc5)CC4)n3)o2)c([N+](=O)[O-])c1. The Morgan fingerprint density at radius 3 is 2.50 bits per heavy atom. The van der Waals surface area contributed by atoms with E-state index >= 15 is 0 Å². The van der Waals surface area contributed by atoms with Gasteiger partial charge >= 0.3 is 0 Å². The van der Waals surface area contributed by atoms with Gasteiger partial charge in [-0.05, 0) is 74.1 Å². The zero-order valence-corrected chi connectivity index (χ0v) is 25.6. The number of nitrogens with one attached hydrogen (secondary N) is 2. The predicted molar refractivity (Wildman–Crippen MR) is 178 cm³/mol. The maximum atomic E-state index is 11.6. The van der Waals surface area contributed by atoms with Gasteiger partial charge in [-0.3, -0.25) is 10.1 Å². The molecule has 1 aliphatic heterocycles. The van der Waals surface area contributed by atoms with Crippen molar-refractivity contribution >= 4 is 35.4 Å². The molecule has 2 aromatic heterocycles. The zero-order chi connectivity index (χ0) is 31.9. The van der Waals surface area contributed by atoms with E-state index in [1.807, 2.05) is 37.3 Å². The van der Waals surface area contributed by atoms with Crippen LogP contribution in [0, 0.1) is 23.0 Å². The summed E-state index contributed by atoms with van der Waals surface area (Å²) in [7, 11) is 1.46. The van der Waals surface area contributed by atoms with Crippen LogP contribution in [-0.4, -0.2) is 46.3 Å². The molecule has 0 radical (unpaired) electrons. The average molecular weight is 619 g/mol. The maximum absolute atomic E-state index is 11.6. The molecule has 46 heavy (non-hydrogen) atoms. The summed E-state index contributed by atoms with van der Waals surface area (Å²) in [6.07, 6.45) is 4.60. The minimum atomic E-state index is -0.470. The number of anilines is 4. The number of rotatable bonds is 11. The number of aromatic nitrogens is 3. The van der Waals surface area contributed by atoms with E-state index in [1.165, 1.54) is 25.0 Å². The quantitative estimate of drug-likeness (QED) is 0.0901. The fraction of sp³-hybridized carbons (Fsp3) is 0.235. The number of aryl methyl sites for hydroxylation is 1. The first-order valence-electron chi connectivity index (χ1n) is 15.0. The lowest BCUT2D eigenvalue weighted by Crippen LogP contribution is -2.35. The molecule has 6 rings (SSSR count). The second-order valence-corrected chi connectivity index (χ2v) is 11.1. The van der Waals surface area contributed by atoms with E-state index < -0.39 is 4.92 Å². The molecule has 0 bridgehead atoms. The van der Waals surface area contributed by atoms with Gasteiger partial charge in [0.1, 0.15) is 17.3 Å². The smallest absolute Gasteiger partial charge is 0.284 e. The summed E-state index contributed by atoms with van der Waals surface area (Å²) in [4.78, 5) is 27.3. The van der Waals surface area contributed by atoms with E-state index in [4.69, 9.17) is 14.1 Å². The van der Waals surface area contributed by atoms with Crippen LogP contribution in [0.4, 0.5) is 29.2 Å². The Morgan fingerprint density at radius 1 is 1.00 bits per heavy atom. The molecule has 3 aromatic carbocycles. The van der Waals surface area contributed by atoms with Crippen LogP contribution in [-0.2, 0) is 6.42 Å². The van der Waals surface area contributed by atoms with E-state index in [0.717, 1.165) is 43.6 Å². The van der Waals surface area contributed by atoms with Crippen LogP contribution in [0.1, 0.15) is 29.7 Å². The third-order valence-electron chi connectivity index (χ3n) is 7.85. The number of nitro groups is 1. The zero-order valence-electron chi connectivity index (χ0n) is 25.6. The first-order chi connectivity index (χ1) is 22.4. The van der Waals surface area contributed by atoms with Crippen LogP contribution in [0.15, 0.2) is 94.4 Å². The lowest BCUT2D eigenvalue weighted by Gasteiger charge is -2.32. The van der Waals surface area contributed by atoms with Crippen molar-refractivity contribution in [3.63, 3.8) is 0 Å². The molecule has 2 N–H and O–H groups in total. The van der Waals surface area contributed by atoms with E-state index in [0.29, 0.717) is 40.6 Å². The van der Waals surface area contributed by atoms with Crippen molar-refractivity contribution in [1.82, 2.24) is 15.0 Å². The van der Waals surface area contributed by atoms with Crippen molar-refractivity contribution in [2.45, 2.75) is 26.2 Å². The number of hydrogen-bond acceptors (Lipinski definition) is 11. The van der Waals surface area contributed by atoms with Gasteiger partial charge in [0.2, 0.25) is 17.8 Å². The number of nitrogens with zero attached hydrogens (tertiary/aromatic N) is 6. The second-order valence-electron chi connectivity index (χ2n) is 11.1. The molecule has 0 saturated carbocycles. The van der Waals surface area contributed by atoms with E-state index in [1.54, 1.807) is 24.3 Å². The first kappa shape index (κ1) is 30.3. The fourth-order valence-corrected chi connectivity index (χ4v) is 5.38. The number of nitro benzene ring substituents is 1. The predicted octanol–water partition coefficient (Wildman–Crippen LogP) is 7.01. The largest absolute Gasteiger partial charge is 0.497 e. The maximum Gasteiger partial charge on any atom is 0.284 e. The Kier molecular flexibility index (Phi) is 9.14. The van der Waals surface area contributed by atoms with Crippen LogP contribution in [0.25, 0.3) is 11.3 Å². The number of piperidine rings is 1. The van der Waals surface area contributed by atoms with Crippen molar-refractivity contribution in [3.8, 4) is 17.1 Å². The highest BCUT2D eigenvalue weighted by molar-refractivity contribution is 5.79. The molecule has 12 heteroatoms. The number of benzene rings is 3. The Bertz CT molecular complexity index is 1820.